The van der Waals surface area contributed by atoms with Crippen LogP contribution in [0, 0.1) is 12.8 Å². The maximum absolute atomic E-state index is 9.10. The summed E-state index contributed by atoms with van der Waals surface area (Å²) in [4.78, 5) is 20.8. The Morgan fingerprint density at radius 2 is 2.00 bits per heavy atom. The van der Waals surface area contributed by atoms with Crippen molar-refractivity contribution in [3.63, 3.8) is 0 Å². The summed E-state index contributed by atoms with van der Waals surface area (Å²) in [6, 6.07) is 5.91. The highest BCUT2D eigenvalue weighted by atomic mass is 35.5. The average Bonchev–Trinajstić information content (AvgIpc) is 2.55. The first kappa shape index (κ1) is 21.3. The van der Waals surface area contributed by atoms with Crippen molar-refractivity contribution in [1.82, 2.24) is 4.90 Å². The molecule has 1 saturated heterocycles. The first-order chi connectivity index (χ1) is 11.8. The van der Waals surface area contributed by atoms with Crippen LogP contribution in [-0.4, -0.2) is 53.3 Å². The Bertz CT molecular complexity index is 567. The molecule has 1 unspecified atom stereocenters. The molecule has 1 heterocycles. The summed E-state index contributed by atoms with van der Waals surface area (Å²) in [7, 11) is 0. The molecule has 0 radical (unpaired) electrons. The predicted octanol–water partition coefficient (Wildman–Crippen LogP) is 3.30. The molecule has 0 aromatic heterocycles. The zero-order valence-electron chi connectivity index (χ0n) is 14.7. The van der Waals surface area contributed by atoms with Crippen molar-refractivity contribution in [2.75, 3.05) is 26.2 Å². The van der Waals surface area contributed by atoms with Gasteiger partial charge >= 0.3 is 11.9 Å². The fraction of sp³-hybridized carbons (Fsp3) is 0.556. The lowest BCUT2D eigenvalue weighted by Crippen LogP contribution is -2.35. The van der Waals surface area contributed by atoms with Crippen LogP contribution in [0.5, 0.6) is 5.75 Å². The van der Waals surface area contributed by atoms with E-state index in [0.29, 0.717) is 5.02 Å². The number of halogens is 1. The summed E-state index contributed by atoms with van der Waals surface area (Å²) in [5.41, 5.74) is 1.18. The number of piperidine rings is 1. The molecule has 2 N–H and O–H groups in total. The van der Waals surface area contributed by atoms with E-state index < -0.39 is 11.9 Å². The van der Waals surface area contributed by atoms with Crippen molar-refractivity contribution >= 4 is 23.5 Å². The lowest BCUT2D eigenvalue weighted by molar-refractivity contribution is -0.159. The first-order valence-corrected chi connectivity index (χ1v) is 8.75. The smallest absolute Gasteiger partial charge is 0.414 e. The Labute approximate surface area is 153 Å². The van der Waals surface area contributed by atoms with Gasteiger partial charge < -0.3 is 19.8 Å². The molecule has 0 bridgehead atoms. The number of likely N-dealkylation sites (tertiary alicyclic amines) is 1. The number of aliphatic carboxylic acids is 2. The van der Waals surface area contributed by atoms with Crippen LogP contribution in [0.25, 0.3) is 0 Å². The van der Waals surface area contributed by atoms with Gasteiger partial charge in [-0.1, -0.05) is 24.6 Å². The highest BCUT2D eigenvalue weighted by Gasteiger charge is 2.15. The number of carboxylic acid groups (broad SMARTS) is 2. The van der Waals surface area contributed by atoms with Crippen LogP contribution in [-0.2, 0) is 9.59 Å². The van der Waals surface area contributed by atoms with E-state index in [1.807, 2.05) is 18.2 Å². The molecule has 1 aliphatic heterocycles. The van der Waals surface area contributed by atoms with Crippen LogP contribution in [0.15, 0.2) is 18.2 Å². The van der Waals surface area contributed by atoms with Gasteiger partial charge in [0.25, 0.3) is 0 Å². The van der Waals surface area contributed by atoms with Gasteiger partial charge in [0.1, 0.15) is 5.75 Å². The maximum atomic E-state index is 9.10. The second kappa shape index (κ2) is 10.9. The first-order valence-electron chi connectivity index (χ1n) is 8.37. The normalized spacial score (nSPS) is 17.3. The van der Waals surface area contributed by atoms with Crippen LogP contribution in [0.2, 0.25) is 5.02 Å². The fourth-order valence-corrected chi connectivity index (χ4v) is 2.85. The number of ether oxygens (including phenoxy) is 1. The molecule has 1 aromatic carbocycles. The zero-order chi connectivity index (χ0) is 18.8. The van der Waals surface area contributed by atoms with E-state index in [0.717, 1.165) is 31.2 Å². The third kappa shape index (κ3) is 8.74. The Hall–Kier alpha value is -1.79. The number of carbonyl (C=O) groups is 2. The fourth-order valence-electron chi connectivity index (χ4n) is 2.68. The highest BCUT2D eigenvalue weighted by Crippen LogP contribution is 2.25. The van der Waals surface area contributed by atoms with Gasteiger partial charge in [-0.15, -0.1) is 0 Å². The Balaban J connectivity index is 0.000000450. The standard InChI is InChI=1S/C16H24ClNO.C2H2O4/c1-13-6-7-15(17)16(11-13)19-10-4-9-18-8-3-5-14(2)12-18;3-1(4)2(5)6/h6-7,11,14H,3-5,8-10,12H2,1-2H3;(H,3,4)(H,5,6). The molecule has 7 heteroatoms. The molecule has 1 aromatic rings. The summed E-state index contributed by atoms with van der Waals surface area (Å²) in [5, 5.41) is 15.5. The number of aryl methyl sites for hydroxylation is 1. The molecule has 6 nitrogen and oxygen atoms in total. The van der Waals surface area contributed by atoms with Crippen LogP contribution < -0.4 is 4.74 Å². The molecule has 140 valence electrons. The van der Waals surface area contributed by atoms with Crippen molar-refractivity contribution in [1.29, 1.82) is 0 Å². The number of hydrogen-bond donors (Lipinski definition) is 2. The number of nitrogens with zero attached hydrogens (tertiary/aromatic N) is 1. The van der Waals surface area contributed by atoms with Crippen molar-refractivity contribution in [2.24, 2.45) is 5.92 Å². The third-order valence-corrected chi connectivity index (χ3v) is 4.20. The van der Waals surface area contributed by atoms with E-state index in [-0.39, 0.29) is 0 Å². The number of benzene rings is 1. The molecule has 0 aliphatic carbocycles. The molecule has 1 atom stereocenters. The Morgan fingerprint density at radius 3 is 2.60 bits per heavy atom. The molecule has 2 rings (SSSR count). The van der Waals surface area contributed by atoms with Crippen LogP contribution >= 0.6 is 11.6 Å². The summed E-state index contributed by atoms with van der Waals surface area (Å²) >= 11 is 6.11. The van der Waals surface area contributed by atoms with E-state index in [1.165, 1.54) is 31.5 Å². The van der Waals surface area contributed by atoms with Crippen molar-refractivity contribution in [3.8, 4) is 5.75 Å². The molecular formula is C18H26ClNO5. The van der Waals surface area contributed by atoms with Gasteiger partial charge in [0.05, 0.1) is 11.6 Å². The minimum absolute atomic E-state index is 0.706. The van der Waals surface area contributed by atoms with Crippen molar-refractivity contribution in [3.05, 3.63) is 28.8 Å². The van der Waals surface area contributed by atoms with E-state index in [2.05, 4.69) is 18.7 Å². The van der Waals surface area contributed by atoms with Crippen LogP contribution in [0.1, 0.15) is 31.7 Å². The molecule has 1 fully saturated rings. The Kier molecular flexibility index (Phi) is 9.31. The van der Waals surface area contributed by atoms with Gasteiger partial charge in [0.2, 0.25) is 0 Å². The quantitative estimate of drug-likeness (QED) is 0.610. The minimum atomic E-state index is -1.82. The van der Waals surface area contributed by atoms with Crippen LogP contribution in [0.3, 0.4) is 0 Å². The van der Waals surface area contributed by atoms with Crippen molar-refractivity contribution in [2.45, 2.75) is 33.1 Å². The number of hydrogen-bond acceptors (Lipinski definition) is 4. The SMILES string of the molecule is Cc1ccc(Cl)c(OCCCN2CCCC(C)C2)c1.O=C(O)C(=O)O. The summed E-state index contributed by atoms with van der Waals surface area (Å²) in [5.74, 6) is -1.99. The predicted molar refractivity (Wildman–Crippen MR) is 96.4 cm³/mol. The summed E-state index contributed by atoms with van der Waals surface area (Å²) in [6.07, 6.45) is 3.79. The lowest BCUT2D eigenvalue weighted by atomic mass is 10.0. The molecule has 25 heavy (non-hydrogen) atoms. The van der Waals surface area contributed by atoms with Crippen LogP contribution in [0.4, 0.5) is 0 Å². The second-order valence-electron chi connectivity index (χ2n) is 6.29. The maximum Gasteiger partial charge on any atom is 0.414 e. The minimum Gasteiger partial charge on any atom is -0.492 e. The van der Waals surface area contributed by atoms with Gasteiger partial charge in [0, 0.05) is 13.1 Å². The van der Waals surface area contributed by atoms with Gasteiger partial charge in [-0.05, 0) is 56.3 Å². The van der Waals surface area contributed by atoms with Crippen molar-refractivity contribution < 1.29 is 24.5 Å². The van der Waals surface area contributed by atoms with Gasteiger partial charge in [0.15, 0.2) is 0 Å². The van der Waals surface area contributed by atoms with E-state index in [9.17, 15) is 0 Å². The van der Waals surface area contributed by atoms with E-state index in [1.54, 1.807) is 0 Å². The largest absolute Gasteiger partial charge is 0.492 e. The molecule has 1 aliphatic rings. The second-order valence-corrected chi connectivity index (χ2v) is 6.70. The Morgan fingerprint density at radius 1 is 1.32 bits per heavy atom. The summed E-state index contributed by atoms with van der Waals surface area (Å²) in [6.45, 7) is 8.76. The third-order valence-electron chi connectivity index (χ3n) is 3.89. The molecular weight excluding hydrogens is 346 g/mol. The number of rotatable bonds is 5. The highest BCUT2D eigenvalue weighted by molar-refractivity contribution is 6.32. The lowest BCUT2D eigenvalue weighted by Gasteiger charge is -2.30. The molecule has 0 saturated carbocycles. The van der Waals surface area contributed by atoms with E-state index >= 15 is 0 Å². The monoisotopic (exact) mass is 371 g/mol. The zero-order valence-corrected chi connectivity index (χ0v) is 15.5. The van der Waals surface area contributed by atoms with Gasteiger partial charge in [-0.25, -0.2) is 9.59 Å². The van der Waals surface area contributed by atoms with E-state index in [4.69, 9.17) is 36.1 Å². The average molecular weight is 372 g/mol. The molecule has 0 spiro atoms. The van der Waals surface area contributed by atoms with Gasteiger partial charge in [-0.3, -0.25) is 0 Å². The molecule has 0 amide bonds. The van der Waals surface area contributed by atoms with Gasteiger partial charge in [-0.2, -0.15) is 0 Å². The summed E-state index contributed by atoms with van der Waals surface area (Å²) < 4.78 is 5.78. The number of carboxylic acids is 2. The topological polar surface area (TPSA) is 87.1 Å².